The van der Waals surface area contributed by atoms with Crippen molar-refractivity contribution in [2.75, 3.05) is 7.05 Å². The van der Waals surface area contributed by atoms with E-state index < -0.39 is 0 Å². The molecule has 1 aromatic rings. The largest absolute Gasteiger partial charge is 0.569 e. The third-order valence-corrected chi connectivity index (χ3v) is 5.15. The number of allylic oxidation sites excluding steroid dienone is 2. The van der Waals surface area contributed by atoms with Crippen LogP contribution in [-0.2, 0) is 10.3 Å². The second kappa shape index (κ2) is 8.11. The minimum absolute atomic E-state index is 0.0109. The maximum Gasteiger partial charge on any atom is 0.233 e. The van der Waals surface area contributed by atoms with Crippen LogP contribution in [0.4, 0.5) is 0 Å². The molecule has 2 rings (SSSR count). The fraction of sp³-hybridized carbons (Fsp3) is 0.619. The van der Waals surface area contributed by atoms with Crippen molar-refractivity contribution in [3.05, 3.63) is 52.8 Å². The lowest BCUT2D eigenvalue weighted by Gasteiger charge is -2.28. The van der Waals surface area contributed by atoms with Gasteiger partial charge in [-0.2, -0.15) is 0 Å². The summed E-state index contributed by atoms with van der Waals surface area (Å²) < 4.78 is 0. The van der Waals surface area contributed by atoms with Crippen LogP contribution in [0.5, 0.6) is 0 Å². The highest BCUT2D eigenvalue weighted by molar-refractivity contribution is 5.30. The van der Waals surface area contributed by atoms with Crippen LogP contribution in [0.3, 0.4) is 0 Å². The molecule has 1 saturated carbocycles. The van der Waals surface area contributed by atoms with E-state index in [1.165, 1.54) is 16.1 Å². The summed E-state index contributed by atoms with van der Waals surface area (Å²) in [6.45, 7) is 10.4. The molecule has 0 radical (unpaired) electrons. The van der Waals surface area contributed by atoms with E-state index in [9.17, 15) is 5.21 Å². The van der Waals surface area contributed by atoms with Crippen LogP contribution >= 0.6 is 0 Å². The van der Waals surface area contributed by atoms with Crippen LogP contribution in [0.2, 0.25) is 0 Å². The van der Waals surface area contributed by atoms with Crippen LogP contribution < -0.4 is 0 Å². The third kappa shape index (κ3) is 5.48. The summed E-state index contributed by atoms with van der Waals surface area (Å²) in [4.78, 5) is 6.04. The van der Waals surface area contributed by atoms with Gasteiger partial charge in [0.15, 0.2) is 0 Å². The van der Waals surface area contributed by atoms with Crippen molar-refractivity contribution in [1.82, 2.24) is 5.01 Å². The minimum Gasteiger partial charge on any atom is -0.569 e. The first kappa shape index (κ1) is 20.3. The van der Waals surface area contributed by atoms with Gasteiger partial charge in [0.25, 0.3) is 0 Å². The van der Waals surface area contributed by atoms with Crippen molar-refractivity contribution < 1.29 is 9.81 Å². The predicted molar refractivity (Wildman–Crippen MR) is 104 cm³/mol. The Morgan fingerprint density at radius 2 is 1.69 bits per heavy atom. The average Bonchev–Trinajstić information content (AvgIpc) is 2.60. The summed E-state index contributed by atoms with van der Waals surface area (Å²) in [5, 5.41) is 17.2. The summed E-state index contributed by atoms with van der Waals surface area (Å²) >= 11 is 0. The lowest BCUT2D eigenvalue weighted by molar-refractivity contribution is -0.720. The molecular formula is C21H33N3O2. The first-order chi connectivity index (χ1) is 12.1. The zero-order valence-corrected chi connectivity index (χ0v) is 17.0. The maximum atomic E-state index is 12.0. The molecule has 1 aliphatic carbocycles. The first-order valence-electron chi connectivity index (χ1n) is 9.43. The molecule has 0 heterocycles. The summed E-state index contributed by atoms with van der Waals surface area (Å²) in [5.74, 6) is 0. The van der Waals surface area contributed by atoms with Gasteiger partial charge in [-0.25, -0.2) is 0 Å². The molecule has 0 aliphatic heterocycles. The van der Waals surface area contributed by atoms with E-state index in [4.69, 9.17) is 4.84 Å². The molecule has 26 heavy (non-hydrogen) atoms. The van der Waals surface area contributed by atoms with E-state index in [0.717, 1.165) is 25.7 Å². The summed E-state index contributed by atoms with van der Waals surface area (Å²) in [6.07, 6.45) is 6.18. The smallest absolute Gasteiger partial charge is 0.233 e. The molecule has 1 aromatic carbocycles. The van der Waals surface area contributed by atoms with Gasteiger partial charge in [0, 0.05) is 5.41 Å². The quantitative estimate of drug-likeness (QED) is 0.307. The number of hydrogen-bond acceptors (Lipinski definition) is 3. The molecule has 1 aliphatic rings. The average molecular weight is 360 g/mol. The molecule has 0 bridgehead atoms. The number of hydrazine groups is 1. The van der Waals surface area contributed by atoms with E-state index in [1.807, 2.05) is 20.8 Å². The first-order valence-corrected chi connectivity index (χ1v) is 9.43. The SMILES string of the molecule is CN(/[N+]([O-])=N/OC1CCC(=CC(C)(C)c2ccccc2)CC1)C(C)(C)C. The normalized spacial score (nSPS) is 19.2. The highest BCUT2D eigenvalue weighted by Crippen LogP contribution is 2.32. The lowest BCUT2D eigenvalue weighted by Crippen LogP contribution is -2.42. The molecule has 0 atom stereocenters. The van der Waals surface area contributed by atoms with Crippen LogP contribution in [-0.4, -0.2) is 28.7 Å². The third-order valence-electron chi connectivity index (χ3n) is 5.15. The van der Waals surface area contributed by atoms with Crippen LogP contribution in [0, 0.1) is 5.21 Å². The van der Waals surface area contributed by atoms with Crippen molar-refractivity contribution in [3.8, 4) is 0 Å². The Morgan fingerprint density at radius 1 is 1.12 bits per heavy atom. The van der Waals surface area contributed by atoms with Gasteiger partial charge in [0.2, 0.25) is 5.28 Å². The Morgan fingerprint density at radius 3 is 2.23 bits per heavy atom. The highest BCUT2D eigenvalue weighted by Gasteiger charge is 2.26. The van der Waals surface area contributed by atoms with Gasteiger partial charge in [-0.05, 0) is 52.0 Å². The summed E-state index contributed by atoms with van der Waals surface area (Å²) in [5.41, 5.74) is 2.52. The zero-order chi connectivity index (χ0) is 19.4. The van der Waals surface area contributed by atoms with Gasteiger partial charge in [-0.1, -0.05) is 55.8 Å². The van der Waals surface area contributed by atoms with Crippen molar-refractivity contribution >= 4 is 0 Å². The summed E-state index contributed by atoms with van der Waals surface area (Å²) in [6, 6.07) is 10.6. The molecule has 0 aromatic heterocycles. The summed E-state index contributed by atoms with van der Waals surface area (Å²) in [7, 11) is 1.72. The number of hydrogen-bond donors (Lipinski definition) is 0. The van der Waals surface area contributed by atoms with Crippen LogP contribution in [0.1, 0.15) is 65.9 Å². The van der Waals surface area contributed by atoms with E-state index in [-0.39, 0.29) is 17.1 Å². The van der Waals surface area contributed by atoms with Crippen molar-refractivity contribution in [1.29, 1.82) is 0 Å². The molecule has 0 unspecified atom stereocenters. The van der Waals surface area contributed by atoms with Gasteiger partial charge in [-0.15, -0.1) is 5.01 Å². The fourth-order valence-corrected chi connectivity index (χ4v) is 3.09. The minimum atomic E-state index is -0.292. The van der Waals surface area contributed by atoms with E-state index in [0.29, 0.717) is 4.97 Å². The molecular weight excluding hydrogens is 326 g/mol. The predicted octanol–water partition coefficient (Wildman–Crippen LogP) is 5.37. The van der Waals surface area contributed by atoms with Crippen LogP contribution in [0.15, 0.2) is 47.3 Å². The highest BCUT2D eigenvalue weighted by atomic mass is 16.7. The Kier molecular flexibility index (Phi) is 6.32. The van der Waals surface area contributed by atoms with E-state index in [1.54, 1.807) is 7.05 Å². The van der Waals surface area contributed by atoms with Gasteiger partial charge < -0.3 is 10.0 Å². The second-order valence-corrected chi connectivity index (χ2v) is 8.72. The molecule has 0 amide bonds. The molecule has 1 fully saturated rings. The second-order valence-electron chi connectivity index (χ2n) is 8.72. The Hall–Kier alpha value is -2.04. The molecule has 0 saturated heterocycles. The molecule has 0 spiro atoms. The van der Waals surface area contributed by atoms with Gasteiger partial charge in [-0.3, -0.25) is 0 Å². The monoisotopic (exact) mass is 359 g/mol. The van der Waals surface area contributed by atoms with E-state index >= 15 is 0 Å². The molecule has 0 N–H and O–H groups in total. The van der Waals surface area contributed by atoms with E-state index in [2.05, 4.69) is 55.5 Å². The Bertz CT molecular complexity index is 635. The van der Waals surface area contributed by atoms with Gasteiger partial charge >= 0.3 is 0 Å². The van der Waals surface area contributed by atoms with Crippen molar-refractivity contribution in [2.24, 2.45) is 5.28 Å². The van der Waals surface area contributed by atoms with Crippen molar-refractivity contribution in [3.63, 3.8) is 0 Å². The topological polar surface area (TPSA) is 50.9 Å². The van der Waals surface area contributed by atoms with Gasteiger partial charge in [0.05, 0.1) is 17.6 Å². The van der Waals surface area contributed by atoms with Gasteiger partial charge in [0.1, 0.15) is 6.10 Å². The van der Waals surface area contributed by atoms with Crippen molar-refractivity contribution in [2.45, 2.75) is 77.4 Å². The molecule has 5 heteroatoms. The number of rotatable bonds is 5. The number of benzene rings is 1. The fourth-order valence-electron chi connectivity index (χ4n) is 3.09. The maximum absolute atomic E-state index is 12.0. The number of nitrogens with zero attached hydrogens (tertiary/aromatic N) is 3. The Balaban J connectivity index is 1.91. The molecule has 144 valence electrons. The zero-order valence-electron chi connectivity index (χ0n) is 17.0. The molecule has 5 nitrogen and oxygen atoms in total. The Labute approximate surface area is 157 Å². The standard InChI is InChI=1S/C21H33N3O2/c1-20(2,3)23(6)24(25)22-26-19-14-12-17(13-15-19)16-21(4,5)18-10-8-7-9-11-18/h7-11,16,19H,12-15H2,1-6H3/b17-16?,24-22-. The van der Waals surface area contributed by atoms with Crippen LogP contribution in [0.25, 0.3) is 0 Å². The lowest BCUT2D eigenvalue weighted by atomic mass is 9.80.